The fraction of sp³-hybridized carbons (Fsp3) is 0.732. The van der Waals surface area contributed by atoms with Crippen LogP contribution in [0.2, 0.25) is 0 Å². The fourth-order valence-electron chi connectivity index (χ4n) is 9.17. The number of ether oxygens (including phenoxy) is 3. The summed E-state index contributed by atoms with van der Waals surface area (Å²) in [6, 6.07) is 0. The van der Waals surface area contributed by atoms with E-state index in [0.29, 0.717) is 19.3 Å². The first-order valence-electron chi connectivity index (χ1n) is 32.7. The number of rotatable bonds is 59. The molecule has 0 N–H and O–H groups in total. The van der Waals surface area contributed by atoms with E-state index in [-0.39, 0.29) is 31.1 Å². The van der Waals surface area contributed by atoms with E-state index in [9.17, 15) is 14.4 Å². The molecule has 0 saturated carbocycles. The van der Waals surface area contributed by atoms with Crippen LogP contribution in [0.5, 0.6) is 0 Å². The molecule has 0 aromatic carbocycles. The summed E-state index contributed by atoms with van der Waals surface area (Å²) in [7, 11) is 0. The highest BCUT2D eigenvalue weighted by Crippen LogP contribution is 2.17. The van der Waals surface area contributed by atoms with Crippen LogP contribution in [0.4, 0.5) is 0 Å². The highest BCUT2D eigenvalue weighted by molar-refractivity contribution is 5.71. The van der Waals surface area contributed by atoms with Crippen molar-refractivity contribution in [1.82, 2.24) is 0 Å². The van der Waals surface area contributed by atoms with Gasteiger partial charge in [0.05, 0.1) is 0 Å². The lowest BCUT2D eigenvalue weighted by Crippen LogP contribution is -2.30. The lowest BCUT2D eigenvalue weighted by molar-refractivity contribution is -0.167. The van der Waals surface area contributed by atoms with Gasteiger partial charge in [0.25, 0.3) is 0 Å². The predicted molar refractivity (Wildman–Crippen MR) is 334 cm³/mol. The number of carbonyl (C=O) groups excluding carboxylic acids is 3. The molecule has 442 valence electrons. The lowest BCUT2D eigenvalue weighted by atomic mass is 10.0. The van der Waals surface area contributed by atoms with E-state index >= 15 is 0 Å². The maximum atomic E-state index is 12.9. The summed E-state index contributed by atoms with van der Waals surface area (Å²) >= 11 is 0. The van der Waals surface area contributed by atoms with E-state index in [4.69, 9.17) is 14.2 Å². The molecule has 0 aliphatic heterocycles. The Morgan fingerprint density at radius 2 is 0.519 bits per heavy atom. The minimum atomic E-state index is -0.782. The molecule has 1 atom stereocenters. The molecule has 0 fully saturated rings. The fourth-order valence-corrected chi connectivity index (χ4v) is 9.17. The number of hydrogen-bond acceptors (Lipinski definition) is 6. The zero-order chi connectivity index (χ0) is 55.7. The minimum absolute atomic E-state index is 0.0803. The van der Waals surface area contributed by atoms with Crippen molar-refractivity contribution in [2.24, 2.45) is 0 Å². The van der Waals surface area contributed by atoms with Crippen molar-refractivity contribution in [3.05, 3.63) is 97.2 Å². The smallest absolute Gasteiger partial charge is 0.306 e. The molecular formula is C71H122O6. The number of carbonyl (C=O) groups is 3. The molecule has 6 nitrogen and oxygen atoms in total. The van der Waals surface area contributed by atoms with Gasteiger partial charge in [-0.15, -0.1) is 0 Å². The Kier molecular flexibility index (Phi) is 61.8. The van der Waals surface area contributed by atoms with Crippen LogP contribution in [0, 0.1) is 0 Å². The van der Waals surface area contributed by atoms with Gasteiger partial charge < -0.3 is 14.2 Å². The number of hydrogen-bond donors (Lipinski definition) is 0. The van der Waals surface area contributed by atoms with Crippen molar-refractivity contribution in [2.45, 2.75) is 322 Å². The van der Waals surface area contributed by atoms with Gasteiger partial charge >= 0.3 is 17.9 Å². The molecule has 0 aromatic heterocycles. The number of allylic oxidation sites excluding steroid dienone is 16. The van der Waals surface area contributed by atoms with Crippen LogP contribution in [0.15, 0.2) is 97.2 Å². The SMILES string of the molecule is CC/C=C\C/C=C\C/C=C\C/C=C\C/C=C\C/C=C\C/C=C\CCCCCCCCCCCC(=O)OCC(COC(=O)CCCCCCC/C=C\CCCC)OC(=O)CCCCCCCCCCCCCCCCCCC. The van der Waals surface area contributed by atoms with Crippen molar-refractivity contribution < 1.29 is 28.6 Å². The molecule has 0 aliphatic rings. The summed E-state index contributed by atoms with van der Waals surface area (Å²) in [6.07, 6.45) is 87.1. The van der Waals surface area contributed by atoms with Gasteiger partial charge in [-0.25, -0.2) is 0 Å². The van der Waals surface area contributed by atoms with Crippen LogP contribution < -0.4 is 0 Å². The molecular weight excluding hydrogens is 949 g/mol. The second kappa shape index (κ2) is 64.9. The van der Waals surface area contributed by atoms with Gasteiger partial charge in [0.15, 0.2) is 6.10 Å². The maximum absolute atomic E-state index is 12.9. The number of esters is 3. The zero-order valence-corrected chi connectivity index (χ0v) is 50.7. The summed E-state index contributed by atoms with van der Waals surface area (Å²) in [5, 5.41) is 0. The van der Waals surface area contributed by atoms with E-state index in [2.05, 4.69) is 118 Å². The van der Waals surface area contributed by atoms with Gasteiger partial charge in [0.1, 0.15) is 13.2 Å². The van der Waals surface area contributed by atoms with Crippen LogP contribution in [0.1, 0.15) is 316 Å². The van der Waals surface area contributed by atoms with Crippen LogP contribution in [0.3, 0.4) is 0 Å². The summed E-state index contributed by atoms with van der Waals surface area (Å²) in [4.78, 5) is 38.2. The van der Waals surface area contributed by atoms with Crippen LogP contribution in [-0.2, 0) is 28.6 Å². The predicted octanol–water partition coefficient (Wildman–Crippen LogP) is 22.4. The van der Waals surface area contributed by atoms with E-state index in [1.807, 2.05) is 0 Å². The van der Waals surface area contributed by atoms with Crippen LogP contribution >= 0.6 is 0 Å². The van der Waals surface area contributed by atoms with Gasteiger partial charge in [-0.3, -0.25) is 14.4 Å². The van der Waals surface area contributed by atoms with Gasteiger partial charge in [-0.05, 0) is 96.3 Å². The third-order valence-electron chi connectivity index (χ3n) is 14.1. The molecule has 1 unspecified atom stereocenters. The monoisotopic (exact) mass is 1070 g/mol. The van der Waals surface area contributed by atoms with Gasteiger partial charge in [-0.1, -0.05) is 298 Å². The average Bonchev–Trinajstić information content (AvgIpc) is 3.43. The molecule has 0 radical (unpaired) electrons. The third-order valence-corrected chi connectivity index (χ3v) is 14.1. The van der Waals surface area contributed by atoms with Gasteiger partial charge in [-0.2, -0.15) is 0 Å². The third kappa shape index (κ3) is 63.0. The minimum Gasteiger partial charge on any atom is -0.462 e. The molecule has 0 bridgehead atoms. The molecule has 77 heavy (non-hydrogen) atoms. The zero-order valence-electron chi connectivity index (χ0n) is 50.7. The Bertz CT molecular complexity index is 1510. The summed E-state index contributed by atoms with van der Waals surface area (Å²) in [5.41, 5.74) is 0. The second-order valence-corrected chi connectivity index (χ2v) is 21.6. The Morgan fingerprint density at radius 3 is 0.844 bits per heavy atom. The largest absolute Gasteiger partial charge is 0.462 e. The number of unbranched alkanes of at least 4 members (excludes halogenated alkanes) is 32. The topological polar surface area (TPSA) is 78.9 Å². The summed E-state index contributed by atoms with van der Waals surface area (Å²) in [5.74, 6) is -0.883. The first kappa shape index (κ1) is 73.3. The molecule has 0 rings (SSSR count). The first-order valence-corrected chi connectivity index (χ1v) is 32.7. The van der Waals surface area contributed by atoms with Crippen molar-refractivity contribution in [1.29, 1.82) is 0 Å². The molecule has 0 amide bonds. The van der Waals surface area contributed by atoms with Gasteiger partial charge in [0, 0.05) is 19.3 Å². The Balaban J connectivity index is 4.23. The highest BCUT2D eigenvalue weighted by atomic mass is 16.6. The van der Waals surface area contributed by atoms with Crippen molar-refractivity contribution in [3.8, 4) is 0 Å². The summed E-state index contributed by atoms with van der Waals surface area (Å²) in [6.45, 7) is 6.51. The van der Waals surface area contributed by atoms with Crippen molar-refractivity contribution in [2.75, 3.05) is 13.2 Å². The van der Waals surface area contributed by atoms with Crippen molar-refractivity contribution in [3.63, 3.8) is 0 Å². The highest BCUT2D eigenvalue weighted by Gasteiger charge is 2.19. The van der Waals surface area contributed by atoms with E-state index < -0.39 is 6.10 Å². The van der Waals surface area contributed by atoms with Crippen LogP contribution in [-0.4, -0.2) is 37.2 Å². The van der Waals surface area contributed by atoms with Gasteiger partial charge in [0.2, 0.25) is 0 Å². The molecule has 0 saturated heterocycles. The Labute approximate surface area is 477 Å². The van der Waals surface area contributed by atoms with Crippen LogP contribution in [0.25, 0.3) is 0 Å². The molecule has 0 aromatic rings. The molecule has 6 heteroatoms. The normalized spacial score (nSPS) is 12.7. The Morgan fingerprint density at radius 1 is 0.273 bits per heavy atom. The molecule has 0 spiro atoms. The van der Waals surface area contributed by atoms with E-state index in [0.717, 1.165) is 116 Å². The van der Waals surface area contributed by atoms with E-state index in [1.165, 1.54) is 161 Å². The summed E-state index contributed by atoms with van der Waals surface area (Å²) < 4.78 is 16.9. The first-order chi connectivity index (χ1) is 38.0. The lowest BCUT2D eigenvalue weighted by Gasteiger charge is -2.18. The molecule has 0 aliphatic carbocycles. The maximum Gasteiger partial charge on any atom is 0.306 e. The van der Waals surface area contributed by atoms with Crippen molar-refractivity contribution >= 4 is 17.9 Å². The average molecular weight is 1070 g/mol. The molecule has 0 heterocycles. The Hall–Kier alpha value is -3.67. The standard InChI is InChI=1S/C71H122O6/c1-4-7-10-13-16-19-22-24-26-28-29-30-31-32-33-34-35-36-37-38-39-40-41-43-44-46-49-52-55-58-61-64-70(73)76-67-68(66-75-69(72)63-60-57-54-51-48-21-18-15-12-9-6-3)77-71(74)65-62-59-56-53-50-47-45-42-27-25-23-20-17-14-11-8-5-2/h7,10,15-16,18-19,24,26,29-30,32-33,35-36,38-39,68H,4-6,8-9,11-14,17,20-23,25,27-28,31,34,37,40-67H2,1-3H3/b10-7-,18-15-,19-16-,26-24-,30-29-,33-32-,36-35-,39-38-. The van der Waals surface area contributed by atoms with E-state index in [1.54, 1.807) is 0 Å². The quantitative estimate of drug-likeness (QED) is 0.0261. The second-order valence-electron chi connectivity index (χ2n) is 21.6.